The molecule has 0 spiro atoms. The molecule has 0 radical (unpaired) electrons. The second kappa shape index (κ2) is 7.14. The van der Waals surface area contributed by atoms with Gasteiger partial charge in [-0.2, -0.15) is 0 Å². The van der Waals surface area contributed by atoms with Crippen molar-refractivity contribution >= 4 is 46.2 Å². The van der Waals surface area contributed by atoms with E-state index < -0.39 is 0 Å². The number of thioether (sulfide) groups is 1. The number of para-hydroxylation sites is 2. The molecule has 26 heavy (non-hydrogen) atoms. The lowest BCUT2D eigenvalue weighted by atomic mass is 10.2. The molecule has 0 atom stereocenters. The maximum absolute atomic E-state index is 12.5. The number of rotatable bonds is 4. The lowest BCUT2D eigenvalue weighted by Crippen LogP contribution is -2.21. The van der Waals surface area contributed by atoms with E-state index in [-0.39, 0.29) is 5.56 Å². The summed E-state index contributed by atoms with van der Waals surface area (Å²) in [5.74, 6) is 1.26. The minimum atomic E-state index is -0.0337. The molecule has 2 aromatic carbocycles. The maximum atomic E-state index is 12.5. The SMILES string of the molecule is Cn1c(CSc2nn(-c3ccccc3)c(=S)s2)nc2ccccc2c1=O. The third kappa shape index (κ3) is 3.23. The Bertz CT molecular complexity index is 1190. The monoisotopic (exact) mass is 398 g/mol. The molecule has 0 saturated carbocycles. The molecule has 0 unspecified atom stereocenters. The van der Waals surface area contributed by atoms with Gasteiger partial charge in [-0.3, -0.25) is 9.36 Å². The predicted octanol–water partition coefficient (Wildman–Crippen LogP) is 4.20. The van der Waals surface area contributed by atoms with Crippen LogP contribution in [0.5, 0.6) is 0 Å². The van der Waals surface area contributed by atoms with Gasteiger partial charge in [0, 0.05) is 7.05 Å². The Morgan fingerprint density at radius 1 is 1.12 bits per heavy atom. The van der Waals surface area contributed by atoms with E-state index in [9.17, 15) is 4.79 Å². The van der Waals surface area contributed by atoms with Gasteiger partial charge in [-0.1, -0.05) is 53.4 Å². The lowest BCUT2D eigenvalue weighted by molar-refractivity contribution is 0.783. The topological polar surface area (TPSA) is 52.7 Å². The van der Waals surface area contributed by atoms with E-state index in [0.29, 0.717) is 26.4 Å². The van der Waals surface area contributed by atoms with Gasteiger partial charge in [0.2, 0.25) is 0 Å². The van der Waals surface area contributed by atoms with Gasteiger partial charge >= 0.3 is 0 Å². The Kier molecular flexibility index (Phi) is 4.71. The minimum Gasteiger partial charge on any atom is -0.299 e. The van der Waals surface area contributed by atoms with E-state index in [1.165, 1.54) is 23.1 Å². The molecule has 0 bridgehead atoms. The molecule has 8 heteroatoms. The molecular formula is C18H14N4OS3. The van der Waals surface area contributed by atoms with Gasteiger partial charge in [-0.25, -0.2) is 9.67 Å². The Balaban J connectivity index is 1.62. The van der Waals surface area contributed by atoms with Gasteiger partial charge in [0.25, 0.3) is 5.56 Å². The largest absolute Gasteiger partial charge is 0.299 e. The van der Waals surface area contributed by atoms with Crippen molar-refractivity contribution in [1.82, 2.24) is 19.3 Å². The molecule has 2 aromatic heterocycles. The molecule has 0 fully saturated rings. The van der Waals surface area contributed by atoms with Gasteiger partial charge in [0.05, 0.1) is 22.3 Å². The average molecular weight is 399 g/mol. The van der Waals surface area contributed by atoms with Gasteiger partial charge < -0.3 is 0 Å². The molecule has 5 nitrogen and oxygen atoms in total. The van der Waals surface area contributed by atoms with E-state index in [1.807, 2.05) is 48.5 Å². The molecule has 0 N–H and O–H groups in total. The van der Waals surface area contributed by atoms with Crippen LogP contribution in [0.1, 0.15) is 5.82 Å². The van der Waals surface area contributed by atoms with E-state index in [0.717, 1.165) is 10.0 Å². The first kappa shape index (κ1) is 17.1. The number of aromatic nitrogens is 4. The zero-order chi connectivity index (χ0) is 18.1. The summed E-state index contributed by atoms with van der Waals surface area (Å²) in [6.45, 7) is 0. The standard InChI is InChI=1S/C18H14N4OS3/c1-21-15(19-14-10-6-5-9-13(14)16(21)23)11-25-17-20-22(18(24)26-17)12-7-3-2-4-8-12/h2-10H,11H2,1H3. The smallest absolute Gasteiger partial charge is 0.261 e. The van der Waals surface area contributed by atoms with Crippen LogP contribution in [0.4, 0.5) is 0 Å². The predicted molar refractivity (Wildman–Crippen MR) is 109 cm³/mol. The third-order valence-corrected chi connectivity index (χ3v) is 6.29. The fourth-order valence-corrected chi connectivity index (χ4v) is 4.92. The van der Waals surface area contributed by atoms with Crippen molar-refractivity contribution in [3.63, 3.8) is 0 Å². The molecule has 4 rings (SSSR count). The average Bonchev–Trinajstić information content (AvgIpc) is 3.05. The van der Waals surface area contributed by atoms with E-state index in [4.69, 9.17) is 12.2 Å². The zero-order valence-electron chi connectivity index (χ0n) is 13.8. The highest BCUT2D eigenvalue weighted by Gasteiger charge is 2.11. The summed E-state index contributed by atoms with van der Waals surface area (Å²) >= 11 is 8.42. The first-order chi connectivity index (χ1) is 12.6. The molecular weight excluding hydrogens is 384 g/mol. The van der Waals surface area contributed by atoms with Gasteiger partial charge in [-0.05, 0) is 36.5 Å². The first-order valence-electron chi connectivity index (χ1n) is 7.86. The van der Waals surface area contributed by atoms with Crippen LogP contribution in [0, 0.1) is 3.95 Å². The Morgan fingerprint density at radius 2 is 1.85 bits per heavy atom. The molecule has 4 aromatic rings. The van der Waals surface area contributed by atoms with Gasteiger partial charge in [0.15, 0.2) is 8.29 Å². The second-order valence-electron chi connectivity index (χ2n) is 5.58. The summed E-state index contributed by atoms with van der Waals surface area (Å²) in [6, 6.07) is 17.2. The second-order valence-corrected chi connectivity index (χ2v) is 8.42. The number of hydrogen-bond acceptors (Lipinski definition) is 6. The Labute approximate surface area is 163 Å². The molecule has 0 amide bonds. The van der Waals surface area contributed by atoms with Gasteiger partial charge in [-0.15, -0.1) is 5.10 Å². The zero-order valence-corrected chi connectivity index (χ0v) is 16.3. The quantitative estimate of drug-likeness (QED) is 0.381. The highest BCUT2D eigenvalue weighted by atomic mass is 32.2. The third-order valence-electron chi connectivity index (χ3n) is 3.93. The van der Waals surface area contributed by atoms with Crippen LogP contribution in [0.2, 0.25) is 0 Å². The van der Waals surface area contributed by atoms with Crippen LogP contribution >= 0.6 is 35.3 Å². The molecule has 0 aliphatic carbocycles. The number of benzene rings is 2. The molecule has 0 saturated heterocycles. The molecule has 0 aliphatic rings. The Hall–Kier alpha value is -2.29. The van der Waals surface area contributed by atoms with Crippen LogP contribution in [0.25, 0.3) is 16.6 Å². The summed E-state index contributed by atoms with van der Waals surface area (Å²) in [6.07, 6.45) is 0. The van der Waals surface area contributed by atoms with E-state index in [2.05, 4.69) is 10.1 Å². The van der Waals surface area contributed by atoms with Crippen molar-refractivity contribution in [1.29, 1.82) is 0 Å². The van der Waals surface area contributed by atoms with Crippen molar-refractivity contribution in [3.8, 4) is 5.69 Å². The van der Waals surface area contributed by atoms with Gasteiger partial charge in [0.1, 0.15) is 5.82 Å². The molecule has 2 heterocycles. The van der Waals surface area contributed by atoms with Crippen LogP contribution in [0.3, 0.4) is 0 Å². The number of fused-ring (bicyclic) bond motifs is 1. The fraction of sp³-hybridized carbons (Fsp3) is 0.111. The highest BCUT2D eigenvalue weighted by Crippen LogP contribution is 2.26. The van der Waals surface area contributed by atoms with Crippen LogP contribution in [-0.4, -0.2) is 19.3 Å². The highest BCUT2D eigenvalue weighted by molar-refractivity contribution is 8.00. The molecule has 0 aliphatic heterocycles. The van der Waals surface area contributed by atoms with Crippen molar-refractivity contribution in [2.45, 2.75) is 10.1 Å². The summed E-state index contributed by atoms with van der Waals surface area (Å²) in [5.41, 5.74) is 1.62. The maximum Gasteiger partial charge on any atom is 0.261 e. The first-order valence-corrected chi connectivity index (χ1v) is 10.1. The minimum absolute atomic E-state index is 0.0337. The van der Waals surface area contributed by atoms with E-state index in [1.54, 1.807) is 22.4 Å². The fourth-order valence-electron chi connectivity index (χ4n) is 2.57. The van der Waals surface area contributed by atoms with Crippen molar-refractivity contribution < 1.29 is 0 Å². The molecule has 130 valence electrons. The summed E-state index contributed by atoms with van der Waals surface area (Å²) in [4.78, 5) is 17.1. The van der Waals surface area contributed by atoms with Crippen LogP contribution in [-0.2, 0) is 12.8 Å². The lowest BCUT2D eigenvalue weighted by Gasteiger charge is -2.07. The van der Waals surface area contributed by atoms with Crippen molar-refractivity contribution in [2.24, 2.45) is 7.05 Å². The van der Waals surface area contributed by atoms with Crippen molar-refractivity contribution in [3.05, 3.63) is 74.7 Å². The van der Waals surface area contributed by atoms with Crippen LogP contribution < -0.4 is 5.56 Å². The summed E-state index contributed by atoms with van der Waals surface area (Å²) in [7, 11) is 1.75. The summed E-state index contributed by atoms with van der Waals surface area (Å²) < 4.78 is 4.90. The normalized spacial score (nSPS) is 11.1. The van der Waals surface area contributed by atoms with Crippen molar-refractivity contribution in [2.75, 3.05) is 0 Å². The summed E-state index contributed by atoms with van der Waals surface area (Å²) in [5, 5.41) is 5.22. The van der Waals surface area contributed by atoms with Crippen LogP contribution in [0.15, 0.2) is 63.7 Å². The van der Waals surface area contributed by atoms with E-state index >= 15 is 0 Å². The Morgan fingerprint density at radius 3 is 2.65 bits per heavy atom. The number of hydrogen-bond donors (Lipinski definition) is 0. The number of nitrogens with zero attached hydrogens (tertiary/aromatic N) is 4.